The van der Waals surface area contributed by atoms with Gasteiger partial charge in [-0.1, -0.05) is 36.8 Å². The Hall–Kier alpha value is -1.83. The van der Waals surface area contributed by atoms with Crippen molar-refractivity contribution in [3.8, 4) is 11.8 Å². The highest BCUT2D eigenvalue weighted by Gasteiger charge is 2.52. The van der Waals surface area contributed by atoms with Crippen LogP contribution in [0.3, 0.4) is 0 Å². The maximum absolute atomic E-state index is 12.0. The van der Waals surface area contributed by atoms with Gasteiger partial charge in [0, 0.05) is 23.9 Å². The fourth-order valence-corrected chi connectivity index (χ4v) is 4.45. The topological polar surface area (TPSA) is 52.6 Å². The maximum Gasteiger partial charge on any atom is 0.237 e. The van der Waals surface area contributed by atoms with E-state index in [0.29, 0.717) is 12.5 Å². The molecule has 4 rings (SSSR count). The van der Waals surface area contributed by atoms with Crippen molar-refractivity contribution in [3.05, 3.63) is 35.4 Å². The van der Waals surface area contributed by atoms with Crippen molar-refractivity contribution >= 4 is 5.91 Å². The minimum atomic E-state index is -0.0833. The molecular weight excluding hydrogens is 300 g/mol. The first-order valence-electron chi connectivity index (χ1n) is 9.02. The fourth-order valence-electron chi connectivity index (χ4n) is 4.45. The Balaban J connectivity index is 1.49. The third-order valence-corrected chi connectivity index (χ3v) is 5.72. The molecule has 1 aromatic carbocycles. The van der Waals surface area contributed by atoms with Crippen molar-refractivity contribution in [1.82, 2.24) is 10.2 Å². The lowest BCUT2D eigenvalue weighted by Gasteiger charge is -2.57. The van der Waals surface area contributed by atoms with E-state index in [4.69, 9.17) is 0 Å². The molecule has 0 unspecified atom stereocenters. The van der Waals surface area contributed by atoms with Crippen molar-refractivity contribution in [3.63, 3.8) is 0 Å². The average molecular weight is 324 g/mol. The Morgan fingerprint density at radius 3 is 2.67 bits per heavy atom. The van der Waals surface area contributed by atoms with Gasteiger partial charge in [-0.05, 0) is 30.5 Å². The minimum Gasteiger partial charge on any atom is -0.394 e. The molecule has 1 aromatic rings. The molecule has 2 saturated heterocycles. The molecule has 0 aromatic heterocycles. The van der Waals surface area contributed by atoms with Crippen LogP contribution in [0.5, 0.6) is 0 Å². The molecule has 2 heterocycles. The van der Waals surface area contributed by atoms with Gasteiger partial charge in [0.15, 0.2) is 0 Å². The fraction of sp³-hybridized carbons (Fsp3) is 0.550. The highest BCUT2D eigenvalue weighted by Crippen LogP contribution is 2.41. The van der Waals surface area contributed by atoms with Gasteiger partial charge in [0.2, 0.25) is 5.91 Å². The number of hydrogen-bond donors (Lipinski definition) is 2. The van der Waals surface area contributed by atoms with Gasteiger partial charge in [-0.15, -0.1) is 0 Å². The monoisotopic (exact) mass is 324 g/mol. The smallest absolute Gasteiger partial charge is 0.237 e. The van der Waals surface area contributed by atoms with Crippen LogP contribution in [0.15, 0.2) is 24.3 Å². The maximum atomic E-state index is 12.0. The summed E-state index contributed by atoms with van der Waals surface area (Å²) in [5.74, 6) is 7.58. The second kappa shape index (κ2) is 6.58. The van der Waals surface area contributed by atoms with Crippen molar-refractivity contribution < 1.29 is 9.90 Å². The van der Waals surface area contributed by atoms with E-state index in [1.54, 1.807) is 0 Å². The lowest BCUT2D eigenvalue weighted by atomic mass is 9.74. The lowest BCUT2D eigenvalue weighted by molar-refractivity contribution is -0.153. The normalized spacial score (nSPS) is 29.6. The van der Waals surface area contributed by atoms with E-state index >= 15 is 0 Å². The molecule has 3 fully saturated rings. The van der Waals surface area contributed by atoms with E-state index in [9.17, 15) is 9.90 Å². The van der Waals surface area contributed by atoms with Crippen LogP contribution in [0.1, 0.15) is 42.7 Å². The van der Waals surface area contributed by atoms with Crippen LogP contribution in [0.4, 0.5) is 0 Å². The number of nitrogens with zero attached hydrogens (tertiary/aromatic N) is 1. The second-order valence-electron chi connectivity index (χ2n) is 7.15. The van der Waals surface area contributed by atoms with E-state index in [1.807, 2.05) is 4.90 Å². The summed E-state index contributed by atoms with van der Waals surface area (Å²) in [7, 11) is 0. The molecule has 1 amide bonds. The van der Waals surface area contributed by atoms with Gasteiger partial charge in [0.1, 0.15) is 0 Å². The number of aliphatic hydroxyl groups excluding tert-OH is 1. The highest BCUT2D eigenvalue weighted by atomic mass is 16.3. The van der Waals surface area contributed by atoms with Crippen LogP contribution in [-0.4, -0.2) is 47.7 Å². The Morgan fingerprint density at radius 2 is 1.96 bits per heavy atom. The zero-order valence-electron chi connectivity index (χ0n) is 13.9. The Morgan fingerprint density at radius 1 is 1.21 bits per heavy atom. The number of carbonyl (C=O) groups excluding carboxylic acids is 1. The first-order valence-corrected chi connectivity index (χ1v) is 9.02. The summed E-state index contributed by atoms with van der Waals surface area (Å²) in [5, 5.41) is 12.9. The van der Waals surface area contributed by atoms with E-state index in [1.165, 1.54) is 31.2 Å². The van der Waals surface area contributed by atoms with Gasteiger partial charge in [-0.3, -0.25) is 4.79 Å². The van der Waals surface area contributed by atoms with Gasteiger partial charge < -0.3 is 15.3 Å². The Kier molecular flexibility index (Phi) is 4.30. The molecule has 0 bridgehead atoms. The molecule has 24 heavy (non-hydrogen) atoms. The third-order valence-electron chi connectivity index (χ3n) is 5.72. The zero-order valence-corrected chi connectivity index (χ0v) is 13.9. The quantitative estimate of drug-likeness (QED) is 0.811. The standard InChI is InChI=1S/C20H24N2O2/c23-13-18-20(17-11-21-12-19(24)22(17)18)16-9-7-15(8-10-16)6-5-14-3-1-2-4-14/h7-10,14,17-18,20-21,23H,1-4,11-13H2/t17-,18-,20-/m0/s1. The van der Waals surface area contributed by atoms with Crippen molar-refractivity contribution in [2.75, 3.05) is 19.7 Å². The Labute approximate surface area is 143 Å². The summed E-state index contributed by atoms with van der Waals surface area (Å²) in [4.78, 5) is 13.9. The van der Waals surface area contributed by atoms with Gasteiger partial charge >= 0.3 is 0 Å². The van der Waals surface area contributed by atoms with Gasteiger partial charge in [0.25, 0.3) is 0 Å². The first kappa shape index (κ1) is 15.7. The summed E-state index contributed by atoms with van der Waals surface area (Å²) in [6.07, 6.45) is 5.11. The first-order chi connectivity index (χ1) is 11.8. The summed E-state index contributed by atoms with van der Waals surface area (Å²) >= 11 is 0. The number of piperazine rings is 1. The molecule has 2 aliphatic heterocycles. The molecule has 3 atom stereocenters. The molecule has 4 nitrogen and oxygen atoms in total. The predicted octanol–water partition coefficient (Wildman–Crippen LogP) is 1.49. The zero-order chi connectivity index (χ0) is 16.5. The molecule has 4 heteroatoms. The van der Waals surface area contributed by atoms with Crippen LogP contribution in [0.25, 0.3) is 0 Å². The van der Waals surface area contributed by atoms with Crippen molar-refractivity contribution in [1.29, 1.82) is 0 Å². The highest BCUT2D eigenvalue weighted by molar-refractivity contribution is 5.81. The van der Waals surface area contributed by atoms with Crippen LogP contribution in [0.2, 0.25) is 0 Å². The summed E-state index contributed by atoms with van der Waals surface area (Å²) in [5.41, 5.74) is 2.25. The van der Waals surface area contributed by atoms with Crippen LogP contribution in [0, 0.1) is 17.8 Å². The van der Waals surface area contributed by atoms with Gasteiger partial charge in [0.05, 0.1) is 25.2 Å². The minimum absolute atomic E-state index is 0.0240. The molecule has 1 saturated carbocycles. The van der Waals surface area contributed by atoms with Crippen molar-refractivity contribution in [2.45, 2.75) is 43.7 Å². The van der Waals surface area contributed by atoms with Gasteiger partial charge in [-0.25, -0.2) is 0 Å². The summed E-state index contributed by atoms with van der Waals surface area (Å²) in [6.45, 7) is 1.21. The lowest BCUT2D eigenvalue weighted by Crippen LogP contribution is -2.72. The molecular formula is C20H24N2O2. The van der Waals surface area contributed by atoms with E-state index < -0.39 is 0 Å². The number of carbonyl (C=O) groups is 1. The SMILES string of the molecule is O=C1CNC[C@H]2[C@H](c3ccc(C#CC4CCCC4)cc3)[C@H](CO)N12. The van der Waals surface area contributed by atoms with E-state index in [2.05, 4.69) is 41.4 Å². The third kappa shape index (κ3) is 2.72. The number of fused-ring (bicyclic) bond motifs is 1. The molecule has 2 N–H and O–H groups in total. The number of nitrogens with one attached hydrogen (secondary N) is 1. The molecule has 126 valence electrons. The number of amides is 1. The molecule has 1 aliphatic carbocycles. The largest absolute Gasteiger partial charge is 0.394 e. The van der Waals surface area contributed by atoms with E-state index in [-0.39, 0.29) is 30.5 Å². The predicted molar refractivity (Wildman–Crippen MR) is 92.4 cm³/mol. The van der Waals surface area contributed by atoms with Crippen LogP contribution >= 0.6 is 0 Å². The van der Waals surface area contributed by atoms with Crippen LogP contribution < -0.4 is 5.32 Å². The second-order valence-corrected chi connectivity index (χ2v) is 7.15. The molecule has 3 aliphatic rings. The van der Waals surface area contributed by atoms with Crippen molar-refractivity contribution in [2.24, 2.45) is 5.92 Å². The average Bonchev–Trinajstić information content (AvgIpc) is 3.10. The number of hydrogen-bond acceptors (Lipinski definition) is 3. The van der Waals surface area contributed by atoms with E-state index in [0.717, 1.165) is 12.1 Å². The number of benzene rings is 1. The Bertz CT molecular complexity index is 661. The van der Waals surface area contributed by atoms with Gasteiger partial charge in [-0.2, -0.15) is 0 Å². The molecule has 0 spiro atoms. The number of aliphatic hydroxyl groups is 1. The van der Waals surface area contributed by atoms with Crippen LogP contribution in [-0.2, 0) is 4.79 Å². The summed E-state index contributed by atoms with van der Waals surface area (Å²) in [6, 6.07) is 8.46. The molecule has 0 radical (unpaired) electrons. The summed E-state index contributed by atoms with van der Waals surface area (Å²) < 4.78 is 0. The number of rotatable bonds is 2.